The predicted molar refractivity (Wildman–Crippen MR) is 80.4 cm³/mol. The molecule has 1 aliphatic heterocycles. The van der Waals surface area contributed by atoms with Gasteiger partial charge >= 0.3 is 6.36 Å². The maximum atomic E-state index is 12.3. The van der Waals surface area contributed by atoms with E-state index in [-0.39, 0.29) is 10.8 Å². The van der Waals surface area contributed by atoms with Gasteiger partial charge in [0, 0.05) is 31.2 Å². The lowest BCUT2D eigenvalue weighted by molar-refractivity contribution is -0.274. The van der Waals surface area contributed by atoms with Gasteiger partial charge in [-0.2, -0.15) is 0 Å². The lowest BCUT2D eigenvalue weighted by Gasteiger charge is -2.32. The van der Waals surface area contributed by atoms with Gasteiger partial charge in [-0.3, -0.25) is 0 Å². The molecule has 0 unspecified atom stereocenters. The maximum Gasteiger partial charge on any atom is 0.573 e. The molecule has 2 rings (SSSR count). The lowest BCUT2D eigenvalue weighted by Crippen LogP contribution is -2.44. The number of hydrogen-bond donors (Lipinski definition) is 0. The summed E-state index contributed by atoms with van der Waals surface area (Å²) in [6.07, 6.45) is -3.13. The topological polar surface area (TPSA) is 15.7 Å². The van der Waals surface area contributed by atoms with Crippen molar-refractivity contribution in [1.82, 2.24) is 9.80 Å². The Balaban J connectivity index is 1.84. The van der Waals surface area contributed by atoms with Crippen LogP contribution in [0.25, 0.3) is 0 Å². The van der Waals surface area contributed by atoms with Crippen LogP contribution in [-0.2, 0) is 6.42 Å². The summed E-state index contributed by atoms with van der Waals surface area (Å²) < 4.78 is 40.7. The van der Waals surface area contributed by atoms with Crippen LogP contribution in [0.4, 0.5) is 13.2 Å². The molecule has 0 radical (unpaired) electrons. The molecule has 1 fully saturated rings. The van der Waals surface area contributed by atoms with Gasteiger partial charge in [0.05, 0.1) is 0 Å². The summed E-state index contributed by atoms with van der Waals surface area (Å²) in [7, 11) is 2.10. The van der Waals surface area contributed by atoms with E-state index in [1.54, 1.807) is 6.07 Å². The van der Waals surface area contributed by atoms with Crippen LogP contribution in [0.2, 0.25) is 5.02 Å². The molecule has 1 saturated heterocycles. The highest BCUT2D eigenvalue weighted by atomic mass is 35.5. The van der Waals surface area contributed by atoms with Gasteiger partial charge < -0.3 is 14.5 Å². The number of likely N-dealkylation sites (N-methyl/N-ethyl adjacent to an activating group) is 1. The molecule has 1 aromatic rings. The molecule has 0 N–H and O–H groups in total. The van der Waals surface area contributed by atoms with Crippen molar-refractivity contribution in [3.05, 3.63) is 28.8 Å². The van der Waals surface area contributed by atoms with Gasteiger partial charge in [-0.05, 0) is 50.2 Å². The summed E-state index contributed by atoms with van der Waals surface area (Å²) in [6, 6.07) is 4.27. The predicted octanol–water partition coefficient (Wildman–Crippen LogP) is 3.42. The minimum absolute atomic E-state index is 0.255. The molecule has 7 heteroatoms. The van der Waals surface area contributed by atoms with Crippen molar-refractivity contribution in [2.24, 2.45) is 0 Å². The zero-order valence-electron chi connectivity index (χ0n) is 12.5. The van der Waals surface area contributed by atoms with Gasteiger partial charge in [0.25, 0.3) is 0 Å². The number of halogens is 4. The number of rotatable bonds is 5. The lowest BCUT2D eigenvalue weighted by atomic mass is 10.1. The SMILES string of the molecule is CN1CCN(CCCc2cc(Cl)cc(OC(F)(F)F)c2)CC1. The third-order valence-corrected chi connectivity index (χ3v) is 3.92. The molecule has 1 aromatic carbocycles. The minimum Gasteiger partial charge on any atom is -0.406 e. The molecule has 0 saturated carbocycles. The van der Waals surface area contributed by atoms with E-state index in [0.29, 0.717) is 6.42 Å². The normalized spacial score (nSPS) is 17.7. The summed E-state index contributed by atoms with van der Waals surface area (Å²) in [5, 5.41) is 0.261. The van der Waals surface area contributed by atoms with E-state index < -0.39 is 6.36 Å². The fourth-order valence-corrected chi connectivity index (χ4v) is 2.78. The van der Waals surface area contributed by atoms with Crippen molar-refractivity contribution >= 4 is 11.6 Å². The van der Waals surface area contributed by atoms with Crippen molar-refractivity contribution in [2.45, 2.75) is 19.2 Å². The highest BCUT2D eigenvalue weighted by molar-refractivity contribution is 6.30. The molecule has 0 spiro atoms. The van der Waals surface area contributed by atoms with Crippen LogP contribution in [0.3, 0.4) is 0 Å². The van der Waals surface area contributed by atoms with Gasteiger partial charge in [-0.15, -0.1) is 13.2 Å². The van der Waals surface area contributed by atoms with Gasteiger partial charge in [-0.25, -0.2) is 0 Å². The molecule has 124 valence electrons. The number of alkyl halides is 3. The Morgan fingerprint density at radius 2 is 1.82 bits per heavy atom. The summed E-state index contributed by atoms with van der Waals surface area (Å²) in [5.74, 6) is -0.255. The van der Waals surface area contributed by atoms with Crippen molar-refractivity contribution in [3.8, 4) is 5.75 Å². The molecule has 0 bridgehead atoms. The third kappa shape index (κ3) is 6.02. The summed E-state index contributed by atoms with van der Waals surface area (Å²) in [5.41, 5.74) is 0.765. The van der Waals surface area contributed by atoms with Crippen LogP contribution < -0.4 is 4.74 Å². The van der Waals surface area contributed by atoms with E-state index >= 15 is 0 Å². The molecule has 0 aromatic heterocycles. The molecular weight excluding hydrogens is 317 g/mol. The van der Waals surface area contributed by atoms with E-state index in [0.717, 1.165) is 44.7 Å². The average molecular weight is 337 g/mol. The Kier molecular flexibility index (Phi) is 5.94. The Labute approximate surface area is 133 Å². The molecule has 3 nitrogen and oxygen atoms in total. The van der Waals surface area contributed by atoms with Gasteiger partial charge in [0.15, 0.2) is 0 Å². The van der Waals surface area contributed by atoms with Crippen molar-refractivity contribution in [2.75, 3.05) is 39.8 Å². The highest BCUT2D eigenvalue weighted by Crippen LogP contribution is 2.27. The Morgan fingerprint density at radius 3 is 2.45 bits per heavy atom. The first kappa shape index (κ1) is 17.4. The highest BCUT2D eigenvalue weighted by Gasteiger charge is 2.31. The second-order valence-electron chi connectivity index (χ2n) is 5.59. The minimum atomic E-state index is -4.69. The van der Waals surface area contributed by atoms with Crippen LogP contribution in [-0.4, -0.2) is 55.9 Å². The van der Waals surface area contributed by atoms with Crippen LogP contribution in [0.1, 0.15) is 12.0 Å². The van der Waals surface area contributed by atoms with Gasteiger partial charge in [0.2, 0.25) is 0 Å². The van der Waals surface area contributed by atoms with Crippen LogP contribution in [0, 0.1) is 0 Å². The number of hydrogen-bond acceptors (Lipinski definition) is 3. The van der Waals surface area contributed by atoms with Gasteiger partial charge in [0.1, 0.15) is 5.75 Å². The Morgan fingerprint density at radius 1 is 1.14 bits per heavy atom. The van der Waals surface area contributed by atoms with E-state index in [2.05, 4.69) is 21.6 Å². The second-order valence-corrected chi connectivity index (χ2v) is 6.03. The molecule has 1 heterocycles. The average Bonchev–Trinajstić information content (AvgIpc) is 2.38. The third-order valence-electron chi connectivity index (χ3n) is 3.70. The van der Waals surface area contributed by atoms with Crippen molar-refractivity contribution in [3.63, 3.8) is 0 Å². The number of ether oxygens (including phenoxy) is 1. The zero-order valence-corrected chi connectivity index (χ0v) is 13.3. The molecular formula is C15H20ClF3N2O. The fourth-order valence-electron chi connectivity index (χ4n) is 2.54. The molecule has 0 amide bonds. The Hall–Kier alpha value is -0.980. The van der Waals surface area contributed by atoms with E-state index in [4.69, 9.17) is 11.6 Å². The molecule has 1 aliphatic rings. The zero-order chi connectivity index (χ0) is 16.2. The van der Waals surface area contributed by atoms with E-state index in [9.17, 15) is 13.2 Å². The molecule has 0 aliphatic carbocycles. The number of nitrogens with zero attached hydrogens (tertiary/aromatic N) is 2. The first-order chi connectivity index (χ1) is 10.3. The van der Waals surface area contributed by atoms with E-state index in [1.807, 2.05) is 0 Å². The van der Waals surface area contributed by atoms with E-state index in [1.165, 1.54) is 12.1 Å². The number of aryl methyl sites for hydroxylation is 1. The largest absolute Gasteiger partial charge is 0.573 e. The smallest absolute Gasteiger partial charge is 0.406 e. The second kappa shape index (κ2) is 7.53. The summed E-state index contributed by atoms with van der Waals surface area (Å²) >= 11 is 5.86. The van der Waals surface area contributed by atoms with Crippen LogP contribution in [0.15, 0.2) is 18.2 Å². The fraction of sp³-hybridized carbons (Fsp3) is 0.600. The summed E-state index contributed by atoms with van der Waals surface area (Å²) in [6.45, 7) is 5.13. The molecule has 22 heavy (non-hydrogen) atoms. The van der Waals surface area contributed by atoms with Crippen LogP contribution >= 0.6 is 11.6 Å². The standard InChI is InChI=1S/C15H20ClF3N2O/c1-20-5-7-21(8-6-20)4-2-3-12-9-13(16)11-14(10-12)22-15(17,18)19/h9-11H,2-8H2,1H3. The number of benzene rings is 1. The first-order valence-corrected chi connectivity index (χ1v) is 7.66. The Bertz CT molecular complexity index is 488. The van der Waals surface area contributed by atoms with Crippen LogP contribution in [0.5, 0.6) is 5.75 Å². The summed E-state index contributed by atoms with van der Waals surface area (Å²) in [4.78, 5) is 4.66. The first-order valence-electron chi connectivity index (χ1n) is 7.28. The van der Waals surface area contributed by atoms with Gasteiger partial charge in [-0.1, -0.05) is 11.6 Å². The number of piperazine rings is 1. The van der Waals surface area contributed by atoms with Crippen molar-refractivity contribution < 1.29 is 17.9 Å². The monoisotopic (exact) mass is 336 g/mol. The maximum absolute atomic E-state index is 12.3. The van der Waals surface area contributed by atoms with Crippen molar-refractivity contribution in [1.29, 1.82) is 0 Å². The quantitative estimate of drug-likeness (QED) is 0.819. The molecule has 0 atom stereocenters.